The standard InChI is InChI=1S/C23H17N5O.2C2HF3O2/c24-16-3-6-20-18(13-16)19(23(29)26-20)11-15-1-4-17-21(27-28-22(17)12-15)5-2-14-7-9-25-10-8-14;2*3-2(4,5)1(6)7/h1-13,26,29H,24H2;2*(H,6,7). The summed E-state index contributed by atoms with van der Waals surface area (Å²) in [5, 5.41) is 35.9. The van der Waals surface area contributed by atoms with Crippen molar-refractivity contribution in [3.63, 3.8) is 0 Å². The second kappa shape index (κ2) is 12.9. The number of carboxylic acids is 2. The number of anilines is 1. The maximum absolute atomic E-state index is 10.6. The third kappa shape index (κ3) is 8.66. The van der Waals surface area contributed by atoms with Crippen LogP contribution in [0, 0.1) is 0 Å². The molecule has 1 aliphatic heterocycles. The van der Waals surface area contributed by atoms with Crippen molar-refractivity contribution in [3.05, 3.63) is 88.6 Å². The van der Waals surface area contributed by atoms with Crippen molar-refractivity contribution in [1.82, 2.24) is 9.97 Å². The van der Waals surface area contributed by atoms with E-state index in [-0.39, 0.29) is 5.88 Å². The molecule has 6 N–H and O–H groups in total. The molecule has 0 amide bonds. The number of aromatic amines is 1. The average Bonchev–Trinajstić information content (AvgIpc) is 3.47. The smallest absolute Gasteiger partial charge is 0.490 e. The second-order valence-corrected chi connectivity index (χ2v) is 8.42. The van der Waals surface area contributed by atoms with E-state index in [0.717, 1.165) is 38.3 Å². The molecule has 0 unspecified atom stereocenters. The Bertz CT molecular complexity index is 1810. The number of azo groups is 1. The molecule has 0 saturated carbocycles. The minimum atomic E-state index is -5.08. The number of alkyl halides is 6. The molecule has 0 radical (unpaired) electrons. The number of nitrogen functional groups attached to an aromatic ring is 1. The number of H-pyrrole nitrogens is 1. The maximum atomic E-state index is 10.6. The lowest BCUT2D eigenvalue weighted by Gasteiger charge is -1.96. The van der Waals surface area contributed by atoms with Crippen molar-refractivity contribution >= 4 is 52.1 Å². The Kier molecular flexibility index (Phi) is 9.54. The van der Waals surface area contributed by atoms with Crippen LogP contribution in [0.25, 0.3) is 28.8 Å². The van der Waals surface area contributed by atoms with Gasteiger partial charge in [0.05, 0.1) is 11.4 Å². The van der Waals surface area contributed by atoms with Gasteiger partial charge in [-0.1, -0.05) is 12.1 Å². The topological polar surface area (TPSA) is 174 Å². The Labute approximate surface area is 236 Å². The number of nitrogens with one attached hydrogen (secondary N) is 1. The third-order valence-electron chi connectivity index (χ3n) is 5.34. The van der Waals surface area contributed by atoms with Gasteiger partial charge in [0, 0.05) is 39.8 Å². The normalized spacial score (nSPS) is 12.9. The zero-order valence-electron chi connectivity index (χ0n) is 21.4. The molecular weight excluding hydrogens is 588 g/mol. The van der Waals surface area contributed by atoms with Crippen LogP contribution in [0.2, 0.25) is 0 Å². The Morgan fingerprint density at radius 1 is 0.837 bits per heavy atom. The van der Waals surface area contributed by atoms with E-state index in [4.69, 9.17) is 25.5 Å². The lowest BCUT2D eigenvalue weighted by Crippen LogP contribution is -2.21. The molecule has 0 spiro atoms. The van der Waals surface area contributed by atoms with E-state index in [1.807, 2.05) is 60.7 Å². The number of halogens is 6. The summed E-state index contributed by atoms with van der Waals surface area (Å²) in [5.74, 6) is -5.40. The largest absolute Gasteiger partial charge is 0.494 e. The SMILES string of the molecule is Nc1ccc2[nH]c(O)c(C=c3ccc4c(c3)N=NC=4C=Cc3ccncc3)c2c1.O=C(O)C(F)(F)F.O=C(O)C(F)(F)F. The number of aromatic hydroxyl groups is 1. The van der Waals surface area contributed by atoms with Crippen LogP contribution in [0.1, 0.15) is 11.1 Å². The van der Waals surface area contributed by atoms with Crippen molar-refractivity contribution in [2.75, 3.05) is 5.73 Å². The number of rotatable bonds is 3. The van der Waals surface area contributed by atoms with Gasteiger partial charge in [-0.05, 0) is 65.4 Å². The van der Waals surface area contributed by atoms with Gasteiger partial charge >= 0.3 is 24.3 Å². The highest BCUT2D eigenvalue weighted by Crippen LogP contribution is 2.29. The number of carboxylic acid groups (broad SMARTS) is 2. The molecule has 0 fully saturated rings. The van der Waals surface area contributed by atoms with E-state index in [2.05, 4.69) is 20.2 Å². The van der Waals surface area contributed by atoms with Crippen molar-refractivity contribution < 1.29 is 51.3 Å². The summed E-state index contributed by atoms with van der Waals surface area (Å²) in [6.07, 6.45) is -0.815. The van der Waals surface area contributed by atoms with Gasteiger partial charge in [-0.25, -0.2) is 9.59 Å². The summed E-state index contributed by atoms with van der Waals surface area (Å²) in [5.41, 5.74) is 10.7. The van der Waals surface area contributed by atoms with E-state index >= 15 is 0 Å². The Morgan fingerprint density at radius 3 is 2.02 bits per heavy atom. The van der Waals surface area contributed by atoms with Crippen molar-refractivity contribution in [1.29, 1.82) is 0 Å². The molecule has 10 nitrogen and oxygen atoms in total. The first-order valence-electron chi connectivity index (χ1n) is 11.6. The van der Waals surface area contributed by atoms with Crippen molar-refractivity contribution in [3.8, 4) is 5.88 Å². The van der Waals surface area contributed by atoms with Crippen LogP contribution in [0.4, 0.5) is 37.7 Å². The molecule has 224 valence electrons. The molecule has 0 aliphatic carbocycles. The molecule has 2 aromatic carbocycles. The first kappa shape index (κ1) is 31.9. The number of hydrogen-bond donors (Lipinski definition) is 5. The molecular formula is C27H19F6N5O5. The number of aliphatic carboxylic acids is 2. The summed E-state index contributed by atoms with van der Waals surface area (Å²) in [6.45, 7) is 0. The van der Waals surface area contributed by atoms with Crippen LogP contribution in [0.5, 0.6) is 5.88 Å². The first-order valence-corrected chi connectivity index (χ1v) is 11.6. The Hall–Kier alpha value is -5.67. The van der Waals surface area contributed by atoms with Crippen LogP contribution in [-0.4, -0.2) is 49.6 Å². The average molecular weight is 607 g/mol. The van der Waals surface area contributed by atoms with Crippen LogP contribution in [0.3, 0.4) is 0 Å². The van der Waals surface area contributed by atoms with E-state index in [9.17, 15) is 31.4 Å². The number of hydrogen-bond acceptors (Lipinski definition) is 7. The van der Waals surface area contributed by atoms with Gasteiger partial charge in [0.25, 0.3) is 0 Å². The minimum absolute atomic E-state index is 0.111. The Balaban J connectivity index is 0.000000303. The van der Waals surface area contributed by atoms with E-state index < -0.39 is 24.3 Å². The summed E-state index contributed by atoms with van der Waals surface area (Å²) in [7, 11) is 0. The number of nitrogens with two attached hydrogens (primary N) is 1. The first-order chi connectivity index (χ1) is 20.1. The number of fused-ring (bicyclic) bond motifs is 2. The molecule has 0 atom stereocenters. The zero-order valence-corrected chi connectivity index (χ0v) is 21.4. The third-order valence-corrected chi connectivity index (χ3v) is 5.34. The highest BCUT2D eigenvalue weighted by molar-refractivity contribution is 5.93. The van der Waals surface area contributed by atoms with Crippen LogP contribution < -0.4 is 16.2 Å². The number of nitrogens with zero attached hydrogens (tertiary/aromatic N) is 3. The van der Waals surface area contributed by atoms with Gasteiger partial charge in [0.1, 0.15) is 0 Å². The molecule has 16 heteroatoms. The lowest BCUT2D eigenvalue weighted by atomic mass is 10.1. The number of carbonyl (C=O) groups is 2. The van der Waals surface area contributed by atoms with Gasteiger partial charge in [-0.15, -0.1) is 10.2 Å². The highest BCUT2D eigenvalue weighted by atomic mass is 19.4. The fourth-order valence-corrected chi connectivity index (χ4v) is 3.40. The summed E-state index contributed by atoms with van der Waals surface area (Å²) in [4.78, 5) is 24.8. The quantitative estimate of drug-likeness (QED) is 0.163. The molecule has 5 rings (SSSR count). The summed E-state index contributed by atoms with van der Waals surface area (Å²) < 4.78 is 63.5. The van der Waals surface area contributed by atoms with Crippen LogP contribution >= 0.6 is 0 Å². The number of benzene rings is 2. The highest BCUT2D eigenvalue weighted by Gasteiger charge is 2.38. The molecule has 0 saturated heterocycles. The predicted octanol–water partition coefficient (Wildman–Crippen LogP) is 4.87. The van der Waals surface area contributed by atoms with Crippen LogP contribution in [0.15, 0.2) is 77.2 Å². The van der Waals surface area contributed by atoms with Crippen molar-refractivity contribution in [2.24, 2.45) is 10.2 Å². The van der Waals surface area contributed by atoms with Gasteiger partial charge in [0.15, 0.2) is 5.88 Å². The molecule has 4 aromatic rings. The number of pyridine rings is 1. The zero-order chi connectivity index (χ0) is 31.9. The van der Waals surface area contributed by atoms with Crippen LogP contribution in [-0.2, 0) is 9.59 Å². The molecule has 0 bridgehead atoms. The fraction of sp³-hybridized carbons (Fsp3) is 0.0741. The lowest BCUT2D eigenvalue weighted by molar-refractivity contribution is -0.193. The maximum Gasteiger partial charge on any atom is 0.490 e. The predicted molar refractivity (Wildman–Crippen MR) is 142 cm³/mol. The number of aromatic nitrogens is 2. The van der Waals surface area contributed by atoms with Gasteiger partial charge in [-0.2, -0.15) is 26.3 Å². The molecule has 1 aliphatic rings. The van der Waals surface area contributed by atoms with Crippen molar-refractivity contribution in [2.45, 2.75) is 12.4 Å². The van der Waals surface area contributed by atoms with E-state index in [0.29, 0.717) is 11.3 Å². The van der Waals surface area contributed by atoms with E-state index in [1.54, 1.807) is 18.5 Å². The Morgan fingerprint density at radius 2 is 1.44 bits per heavy atom. The van der Waals surface area contributed by atoms with Gasteiger partial charge in [0.2, 0.25) is 0 Å². The summed E-state index contributed by atoms with van der Waals surface area (Å²) >= 11 is 0. The minimum Gasteiger partial charge on any atom is -0.494 e. The fourth-order valence-electron chi connectivity index (χ4n) is 3.40. The molecule has 43 heavy (non-hydrogen) atoms. The molecule has 3 heterocycles. The molecule has 2 aromatic heterocycles. The van der Waals surface area contributed by atoms with Gasteiger partial charge < -0.3 is 26.0 Å². The van der Waals surface area contributed by atoms with Gasteiger partial charge in [-0.3, -0.25) is 4.98 Å². The summed E-state index contributed by atoms with van der Waals surface area (Å²) in [6, 6.07) is 15.3. The monoisotopic (exact) mass is 607 g/mol. The second-order valence-electron chi connectivity index (χ2n) is 8.42. The van der Waals surface area contributed by atoms with E-state index in [1.165, 1.54) is 0 Å².